The molecule has 1 heterocycles. The molecular formula is C31H36N3Pt-3. The van der Waals surface area contributed by atoms with Gasteiger partial charge in [-0.3, -0.25) is 0 Å². The van der Waals surface area contributed by atoms with E-state index >= 15 is 0 Å². The Hall–Kier alpha value is -2.51. The maximum Gasteiger partial charge on any atom is 0.0378 e. The molecule has 4 heteroatoms. The summed E-state index contributed by atoms with van der Waals surface area (Å²) in [5.41, 5.74) is 5.69. The van der Waals surface area contributed by atoms with Gasteiger partial charge in [-0.25, -0.2) is 0 Å². The second-order valence-corrected chi connectivity index (χ2v) is 9.59. The molecule has 3 rings (SSSR count). The van der Waals surface area contributed by atoms with E-state index in [4.69, 9.17) is 4.98 Å². The first-order chi connectivity index (χ1) is 16.3. The zero-order chi connectivity index (χ0) is 24.7. The van der Waals surface area contributed by atoms with Gasteiger partial charge in [-0.1, -0.05) is 78.3 Å². The molecule has 0 aliphatic carbocycles. The number of nitrogens with zero attached hydrogens (tertiary/aromatic N) is 2. The van der Waals surface area contributed by atoms with Crippen molar-refractivity contribution in [2.75, 3.05) is 5.32 Å². The third kappa shape index (κ3) is 7.24. The Morgan fingerprint density at radius 2 is 1.63 bits per heavy atom. The van der Waals surface area contributed by atoms with E-state index in [0.29, 0.717) is 11.8 Å². The molecule has 1 aromatic heterocycles. The normalized spacial score (nSPS) is 13.2. The van der Waals surface area contributed by atoms with Crippen LogP contribution in [0.5, 0.6) is 0 Å². The van der Waals surface area contributed by atoms with Crippen molar-refractivity contribution in [2.45, 2.75) is 71.6 Å². The van der Waals surface area contributed by atoms with E-state index in [-0.39, 0.29) is 26.8 Å². The van der Waals surface area contributed by atoms with Crippen LogP contribution >= 0.6 is 0 Å². The first-order valence-corrected chi connectivity index (χ1v) is 12.3. The summed E-state index contributed by atoms with van der Waals surface area (Å²) in [5.74, 6) is 0.991. The van der Waals surface area contributed by atoms with Crippen molar-refractivity contribution in [1.82, 2.24) is 4.98 Å². The minimum atomic E-state index is -0.648. The van der Waals surface area contributed by atoms with E-state index in [1.54, 1.807) is 12.3 Å². The van der Waals surface area contributed by atoms with Crippen molar-refractivity contribution in [1.29, 1.82) is 0 Å². The SMILES string of the molecule is CCC(C)c1cc[c-]c(N/C=C\C(=[N-])C(C)(C)c2cccc(-c3[c-]ccc(C(C)CC)c3)n2)c1.[Pt]. The molecule has 0 saturated carbocycles. The Morgan fingerprint density at radius 1 is 1.00 bits per heavy atom. The molecule has 35 heavy (non-hydrogen) atoms. The number of allylic oxidation sites excluding steroid dienone is 1. The Morgan fingerprint density at radius 3 is 2.29 bits per heavy atom. The van der Waals surface area contributed by atoms with Gasteiger partial charge in [0.1, 0.15) is 0 Å². The molecule has 2 unspecified atom stereocenters. The topological polar surface area (TPSA) is 47.2 Å². The fourth-order valence-corrected chi connectivity index (χ4v) is 3.77. The zero-order valence-corrected chi connectivity index (χ0v) is 23.9. The van der Waals surface area contributed by atoms with Crippen molar-refractivity contribution in [2.24, 2.45) is 0 Å². The first kappa shape index (κ1) is 28.7. The molecule has 0 aliphatic rings. The van der Waals surface area contributed by atoms with Crippen LogP contribution in [0.25, 0.3) is 16.7 Å². The molecule has 0 aliphatic heterocycles. The zero-order valence-electron chi connectivity index (χ0n) is 21.6. The van der Waals surface area contributed by atoms with Crippen LogP contribution in [-0.4, -0.2) is 10.7 Å². The number of hydrogen-bond donors (Lipinski definition) is 1. The number of nitrogens with one attached hydrogen (secondary N) is 1. The Balaban J connectivity index is 0.00000432. The minimum Gasteiger partial charge on any atom is -0.807 e. The predicted octanol–water partition coefficient (Wildman–Crippen LogP) is 8.29. The smallest absolute Gasteiger partial charge is 0.0378 e. The number of anilines is 1. The van der Waals surface area contributed by atoms with Crippen LogP contribution in [0.1, 0.15) is 83.0 Å². The minimum absolute atomic E-state index is 0. The standard InChI is InChI=1S/C31H36N3.Pt/c1-7-22(3)24-12-9-14-26(20-24)28-16-11-17-30(34-28)31(5,6)29(32)18-19-33-27-15-10-13-25(21-27)23(4)8-2;/h9-13,16-23,33H,7-8H2,1-6H3;/q-3;/b19-18-;. The third-order valence-corrected chi connectivity index (χ3v) is 6.80. The van der Waals surface area contributed by atoms with Gasteiger partial charge in [0, 0.05) is 32.2 Å². The van der Waals surface area contributed by atoms with Crippen molar-refractivity contribution in [3.8, 4) is 11.3 Å². The van der Waals surface area contributed by atoms with Gasteiger partial charge < -0.3 is 15.7 Å². The molecule has 2 atom stereocenters. The fraction of sp³-hybridized carbons (Fsp3) is 0.355. The summed E-state index contributed by atoms with van der Waals surface area (Å²) in [6.07, 6.45) is 5.64. The van der Waals surface area contributed by atoms with Gasteiger partial charge in [0.15, 0.2) is 0 Å². The molecule has 0 radical (unpaired) electrons. The Kier molecular flexibility index (Phi) is 10.7. The van der Waals surface area contributed by atoms with Gasteiger partial charge in [0.05, 0.1) is 0 Å². The molecular weight excluding hydrogens is 609 g/mol. The van der Waals surface area contributed by atoms with E-state index in [1.165, 1.54) is 11.1 Å². The molecule has 0 saturated heterocycles. The summed E-state index contributed by atoms with van der Waals surface area (Å²) >= 11 is 0. The largest absolute Gasteiger partial charge is 0.807 e. The molecule has 1 N–H and O–H groups in total. The van der Waals surface area contributed by atoms with E-state index in [2.05, 4.69) is 69.4 Å². The summed E-state index contributed by atoms with van der Waals surface area (Å²) in [6, 6.07) is 24.9. The molecule has 0 spiro atoms. The molecule has 2 aromatic carbocycles. The van der Waals surface area contributed by atoms with Gasteiger partial charge >= 0.3 is 0 Å². The Bertz CT molecular complexity index is 1150. The maximum absolute atomic E-state index is 10.9. The molecule has 0 fully saturated rings. The van der Waals surface area contributed by atoms with Crippen LogP contribution in [0, 0.1) is 12.1 Å². The molecule has 188 valence electrons. The van der Waals surface area contributed by atoms with E-state index in [9.17, 15) is 5.41 Å². The van der Waals surface area contributed by atoms with Crippen molar-refractivity contribution in [3.05, 3.63) is 101 Å². The maximum atomic E-state index is 10.9. The van der Waals surface area contributed by atoms with Gasteiger partial charge in [0.25, 0.3) is 0 Å². The van der Waals surface area contributed by atoms with Gasteiger partial charge in [-0.05, 0) is 29.8 Å². The van der Waals surface area contributed by atoms with Gasteiger partial charge in [-0.2, -0.15) is 29.5 Å². The van der Waals surface area contributed by atoms with Gasteiger partial charge in [-0.15, -0.1) is 41.5 Å². The van der Waals surface area contributed by atoms with Crippen LogP contribution in [0.3, 0.4) is 0 Å². The van der Waals surface area contributed by atoms with Crippen LogP contribution in [0.15, 0.2) is 66.9 Å². The number of aromatic nitrogens is 1. The first-order valence-electron chi connectivity index (χ1n) is 12.3. The van der Waals surface area contributed by atoms with Gasteiger partial charge in [0.2, 0.25) is 0 Å². The number of benzene rings is 2. The number of pyridine rings is 1. The monoisotopic (exact) mass is 645 g/mol. The van der Waals surface area contributed by atoms with Crippen LogP contribution in [-0.2, 0) is 26.5 Å². The van der Waals surface area contributed by atoms with Crippen LogP contribution in [0.4, 0.5) is 5.69 Å². The average Bonchev–Trinajstić information content (AvgIpc) is 2.87. The summed E-state index contributed by atoms with van der Waals surface area (Å²) in [7, 11) is 0. The number of rotatable bonds is 10. The third-order valence-electron chi connectivity index (χ3n) is 6.80. The Labute approximate surface area is 226 Å². The van der Waals surface area contributed by atoms with Crippen molar-refractivity contribution >= 4 is 11.4 Å². The molecule has 0 bridgehead atoms. The van der Waals surface area contributed by atoms with E-state index < -0.39 is 5.41 Å². The van der Waals surface area contributed by atoms with Crippen molar-refractivity contribution in [3.63, 3.8) is 0 Å². The fourth-order valence-electron chi connectivity index (χ4n) is 3.77. The van der Waals surface area contributed by atoms with E-state index in [0.717, 1.165) is 35.5 Å². The van der Waals surface area contributed by atoms with Crippen molar-refractivity contribution < 1.29 is 21.1 Å². The van der Waals surface area contributed by atoms with Crippen LogP contribution < -0.4 is 5.32 Å². The molecule has 3 aromatic rings. The summed E-state index contributed by atoms with van der Waals surface area (Å²) < 4.78 is 0. The summed E-state index contributed by atoms with van der Waals surface area (Å²) in [4.78, 5) is 4.90. The summed E-state index contributed by atoms with van der Waals surface area (Å²) in [6.45, 7) is 12.8. The second kappa shape index (κ2) is 13.0. The summed E-state index contributed by atoms with van der Waals surface area (Å²) in [5, 5.41) is 14.2. The second-order valence-electron chi connectivity index (χ2n) is 9.59. The molecule has 3 nitrogen and oxygen atoms in total. The number of hydrogen-bond acceptors (Lipinski definition) is 2. The molecule has 0 amide bonds. The quantitative estimate of drug-likeness (QED) is 0.178. The van der Waals surface area contributed by atoms with E-state index in [1.807, 2.05) is 44.2 Å². The van der Waals surface area contributed by atoms with Crippen LogP contribution in [0.2, 0.25) is 0 Å². The predicted molar refractivity (Wildman–Crippen MR) is 145 cm³/mol. The average molecular weight is 646 g/mol.